The van der Waals surface area contributed by atoms with Gasteiger partial charge in [0, 0.05) is 24.2 Å². The Labute approximate surface area is 192 Å². The zero-order valence-corrected chi connectivity index (χ0v) is 17.8. The number of hydrogen-bond acceptors (Lipinski definition) is 8. The smallest absolute Gasteiger partial charge is 0.377 e. The van der Waals surface area contributed by atoms with Crippen LogP contribution in [-0.4, -0.2) is 70.2 Å². The summed E-state index contributed by atoms with van der Waals surface area (Å²) in [5.74, 6) is -0.568. The van der Waals surface area contributed by atoms with E-state index >= 15 is 0 Å². The van der Waals surface area contributed by atoms with Crippen LogP contribution in [0.4, 0.5) is 24.7 Å². The minimum atomic E-state index is -4.61. The van der Waals surface area contributed by atoms with Crippen molar-refractivity contribution in [3.8, 4) is 17.3 Å². The lowest BCUT2D eigenvalue weighted by Crippen LogP contribution is -2.56. The van der Waals surface area contributed by atoms with Gasteiger partial charge in [-0.1, -0.05) is 0 Å². The van der Waals surface area contributed by atoms with Crippen LogP contribution in [0.25, 0.3) is 11.3 Å². The molecule has 0 aromatic carbocycles. The van der Waals surface area contributed by atoms with Crippen LogP contribution in [0, 0.1) is 17.2 Å². The molecule has 4 rings (SSSR count). The van der Waals surface area contributed by atoms with Crippen LogP contribution in [-0.2, 0) is 14.3 Å². The van der Waals surface area contributed by atoms with Crippen molar-refractivity contribution in [3.05, 3.63) is 30.4 Å². The van der Waals surface area contributed by atoms with E-state index in [2.05, 4.69) is 25.6 Å². The number of carbonyl (C=O) groups is 2. The summed E-state index contributed by atoms with van der Waals surface area (Å²) >= 11 is 0. The molecule has 0 spiro atoms. The predicted octanol–water partition coefficient (Wildman–Crippen LogP) is 1.96. The minimum absolute atomic E-state index is 0.00851. The molecule has 3 heterocycles. The van der Waals surface area contributed by atoms with Crippen molar-refractivity contribution in [3.63, 3.8) is 0 Å². The number of alkyl halides is 3. The number of carbonyl (C=O) groups excluding carboxylic acids is 2. The Kier molecular flexibility index (Phi) is 6.60. The minimum Gasteiger partial charge on any atom is -0.377 e. The van der Waals surface area contributed by atoms with E-state index in [1.807, 2.05) is 6.07 Å². The van der Waals surface area contributed by atoms with Crippen molar-refractivity contribution in [1.82, 2.24) is 19.9 Å². The molecule has 2 aliphatic rings. The van der Waals surface area contributed by atoms with Crippen LogP contribution in [0.5, 0.6) is 0 Å². The molecule has 178 valence electrons. The lowest BCUT2D eigenvalue weighted by atomic mass is 10.1. The number of pyridine rings is 1. The maximum absolute atomic E-state index is 13.2. The largest absolute Gasteiger partial charge is 0.411 e. The molecular weight excluding hydrogens is 455 g/mol. The molecule has 2 aromatic heterocycles. The summed E-state index contributed by atoms with van der Waals surface area (Å²) in [4.78, 5) is 37.5. The third-order valence-electron chi connectivity index (χ3n) is 5.40. The Morgan fingerprint density at radius 2 is 2.00 bits per heavy atom. The van der Waals surface area contributed by atoms with E-state index in [0.29, 0.717) is 17.1 Å². The summed E-state index contributed by atoms with van der Waals surface area (Å²) in [5, 5.41) is 14.7. The summed E-state index contributed by atoms with van der Waals surface area (Å²) in [7, 11) is 0. The highest BCUT2D eigenvalue weighted by atomic mass is 19.4. The van der Waals surface area contributed by atoms with Crippen molar-refractivity contribution in [2.24, 2.45) is 5.92 Å². The van der Waals surface area contributed by atoms with Gasteiger partial charge < -0.3 is 20.3 Å². The van der Waals surface area contributed by atoms with Crippen molar-refractivity contribution >= 4 is 23.3 Å². The number of anilines is 2. The molecule has 1 aliphatic carbocycles. The number of nitrogens with one attached hydrogen (secondary N) is 2. The van der Waals surface area contributed by atoms with Gasteiger partial charge in [-0.15, -0.1) is 0 Å². The second kappa shape index (κ2) is 9.60. The monoisotopic (exact) mass is 475 g/mol. The van der Waals surface area contributed by atoms with Crippen LogP contribution >= 0.6 is 0 Å². The van der Waals surface area contributed by atoms with Gasteiger partial charge in [0.25, 0.3) is 0 Å². The fourth-order valence-corrected chi connectivity index (χ4v) is 3.39. The summed E-state index contributed by atoms with van der Waals surface area (Å²) in [6.45, 7) is -1.27. The second-order valence-electron chi connectivity index (χ2n) is 7.86. The van der Waals surface area contributed by atoms with Crippen molar-refractivity contribution in [2.75, 3.05) is 36.9 Å². The van der Waals surface area contributed by atoms with Crippen LogP contribution in [0.2, 0.25) is 0 Å². The van der Waals surface area contributed by atoms with Gasteiger partial charge in [0.05, 0.1) is 43.5 Å². The second-order valence-corrected chi connectivity index (χ2v) is 7.86. The van der Waals surface area contributed by atoms with Gasteiger partial charge in [-0.05, 0) is 18.9 Å². The van der Waals surface area contributed by atoms with E-state index in [9.17, 15) is 28.0 Å². The molecule has 1 saturated heterocycles. The fourth-order valence-electron chi connectivity index (χ4n) is 3.39. The van der Waals surface area contributed by atoms with Gasteiger partial charge in [-0.2, -0.15) is 18.4 Å². The molecule has 1 aliphatic heterocycles. The third kappa shape index (κ3) is 5.40. The first kappa shape index (κ1) is 23.4. The molecule has 1 saturated carbocycles. The van der Waals surface area contributed by atoms with Crippen LogP contribution in [0.15, 0.2) is 24.7 Å². The first-order chi connectivity index (χ1) is 16.3. The van der Waals surface area contributed by atoms with E-state index in [4.69, 9.17) is 4.74 Å². The quantitative estimate of drug-likeness (QED) is 0.648. The van der Waals surface area contributed by atoms with Gasteiger partial charge in [0.15, 0.2) is 17.6 Å². The van der Waals surface area contributed by atoms with Gasteiger partial charge in [-0.25, -0.2) is 9.97 Å². The number of ether oxygens (including phenoxy) is 1. The number of halogens is 3. The molecule has 1 atom stereocenters. The van der Waals surface area contributed by atoms with E-state index in [-0.39, 0.29) is 36.4 Å². The summed E-state index contributed by atoms with van der Waals surface area (Å²) in [5.41, 5.74) is 0.979. The summed E-state index contributed by atoms with van der Waals surface area (Å²) in [6.07, 6.45) is 1.30. The van der Waals surface area contributed by atoms with E-state index < -0.39 is 31.3 Å². The van der Waals surface area contributed by atoms with E-state index in [1.54, 1.807) is 0 Å². The molecule has 13 heteroatoms. The summed E-state index contributed by atoms with van der Waals surface area (Å²) < 4.78 is 44.6. The molecule has 2 aromatic rings. The van der Waals surface area contributed by atoms with Crippen LogP contribution in [0.3, 0.4) is 0 Å². The zero-order valence-electron chi connectivity index (χ0n) is 17.8. The van der Waals surface area contributed by atoms with Crippen LogP contribution in [0.1, 0.15) is 18.5 Å². The third-order valence-corrected chi connectivity index (χ3v) is 5.40. The Bertz CT molecular complexity index is 1110. The molecule has 10 nitrogen and oxygen atoms in total. The normalized spacial score (nSPS) is 18.2. The van der Waals surface area contributed by atoms with Crippen molar-refractivity contribution in [2.45, 2.75) is 25.1 Å². The number of nitrogens with zero attached hydrogens (tertiary/aromatic N) is 5. The average molecular weight is 475 g/mol. The molecule has 2 amide bonds. The highest BCUT2D eigenvalue weighted by molar-refractivity contribution is 5.93. The Morgan fingerprint density at radius 1 is 1.21 bits per heavy atom. The van der Waals surface area contributed by atoms with Crippen LogP contribution < -0.4 is 10.6 Å². The highest BCUT2D eigenvalue weighted by Gasteiger charge is 2.47. The number of hydrogen-bond donors (Lipinski definition) is 2. The average Bonchev–Trinajstić information content (AvgIpc) is 3.68. The number of morpholine rings is 1. The Morgan fingerprint density at radius 3 is 2.65 bits per heavy atom. The molecule has 34 heavy (non-hydrogen) atoms. The fraction of sp³-hybridized carbons (Fsp3) is 0.429. The van der Waals surface area contributed by atoms with Gasteiger partial charge in [0.2, 0.25) is 11.8 Å². The maximum atomic E-state index is 13.2. The molecule has 2 N–H and O–H groups in total. The number of amides is 2. The topological polar surface area (TPSA) is 133 Å². The molecule has 0 bridgehead atoms. The molecule has 0 unspecified atom stereocenters. The van der Waals surface area contributed by atoms with Gasteiger partial charge in [0.1, 0.15) is 6.07 Å². The van der Waals surface area contributed by atoms with E-state index in [0.717, 1.165) is 17.7 Å². The number of nitriles is 1. The molecule has 2 fully saturated rings. The maximum Gasteiger partial charge on any atom is 0.411 e. The summed E-state index contributed by atoms with van der Waals surface area (Å²) in [6, 6.07) is 1.36. The van der Waals surface area contributed by atoms with Crippen molar-refractivity contribution in [1.29, 1.82) is 5.26 Å². The Hall–Kier alpha value is -3.79. The number of aromatic nitrogens is 3. The first-order valence-corrected chi connectivity index (χ1v) is 10.5. The predicted molar refractivity (Wildman–Crippen MR) is 112 cm³/mol. The lowest BCUT2D eigenvalue weighted by molar-refractivity contribution is -0.212. The number of rotatable bonds is 6. The lowest BCUT2D eigenvalue weighted by Gasteiger charge is -2.36. The zero-order chi connectivity index (χ0) is 24.3. The van der Waals surface area contributed by atoms with Gasteiger partial charge >= 0.3 is 6.18 Å². The molecular formula is C21H20F3N7O3. The standard InChI is InChI=1S/C21H20F3N7O3/c22-21(23,24)17-11-34-4-3-31(17)19(32)10-28-14-5-13(7-26-15(14)6-25)16-8-29-18(9-27-16)30-20(33)12-1-2-12/h5,7-9,12,17,28H,1-4,10-11H2,(H,29,30,33)/t17-/m0/s1. The Balaban J connectivity index is 1.45. The first-order valence-electron chi connectivity index (χ1n) is 10.5. The SMILES string of the molecule is N#Cc1ncc(-c2cnc(NC(=O)C3CC3)cn2)cc1NCC(=O)N1CCOC[C@H]1C(F)(F)F. The van der Waals surface area contributed by atoms with Gasteiger partial charge in [-0.3, -0.25) is 14.6 Å². The van der Waals surface area contributed by atoms with Crippen molar-refractivity contribution < 1.29 is 27.5 Å². The highest BCUT2D eigenvalue weighted by Crippen LogP contribution is 2.30. The van der Waals surface area contributed by atoms with E-state index in [1.165, 1.54) is 24.7 Å². The molecule has 0 radical (unpaired) electrons.